The summed E-state index contributed by atoms with van der Waals surface area (Å²) in [5.74, 6) is 0.921. The Labute approximate surface area is 191 Å². The quantitative estimate of drug-likeness (QED) is 0.480. The van der Waals surface area contributed by atoms with Crippen LogP contribution < -0.4 is 15.8 Å². The van der Waals surface area contributed by atoms with Crippen LogP contribution >= 0.6 is 0 Å². The first kappa shape index (κ1) is 22.8. The van der Waals surface area contributed by atoms with Crippen molar-refractivity contribution in [1.82, 2.24) is 14.5 Å². The van der Waals surface area contributed by atoms with Crippen molar-refractivity contribution in [1.29, 1.82) is 0 Å². The van der Waals surface area contributed by atoms with Crippen LogP contribution in [0.15, 0.2) is 16.5 Å². The number of carbonyl (C=O) groups is 2. The van der Waals surface area contributed by atoms with Crippen LogP contribution in [0.3, 0.4) is 0 Å². The van der Waals surface area contributed by atoms with Crippen LogP contribution in [0.25, 0.3) is 11.0 Å². The molecule has 4 rings (SSSR count). The van der Waals surface area contributed by atoms with Crippen molar-refractivity contribution in [3.05, 3.63) is 35.0 Å². The van der Waals surface area contributed by atoms with Gasteiger partial charge in [-0.1, -0.05) is 13.8 Å². The standard InChI is InChI=1S/C23H29N5O5/c1-4-7-28-19-17(26-23(28)27-22(30)20-16(5-2)25-13(3)33-20)9-15(21(24)29)10-18(19)32-8-6-14-11-31-12-14/h9-10,14H,4-8,11-12H2,1-3H3,(H2,24,29)(H,26,27,30). The number of benzene rings is 1. The third-order valence-electron chi connectivity index (χ3n) is 5.60. The van der Waals surface area contributed by atoms with Gasteiger partial charge in [-0.3, -0.25) is 14.9 Å². The van der Waals surface area contributed by atoms with E-state index in [0.29, 0.717) is 65.4 Å². The number of anilines is 1. The highest BCUT2D eigenvalue weighted by molar-refractivity contribution is 6.04. The Hall–Kier alpha value is -3.40. The summed E-state index contributed by atoms with van der Waals surface area (Å²) in [4.78, 5) is 33.7. The van der Waals surface area contributed by atoms with E-state index in [1.165, 1.54) is 0 Å². The SMILES string of the molecule is CCCn1c(NC(=O)c2oc(C)nc2CC)nc2cc(C(N)=O)cc(OCCC3COC3)c21. The second-order valence-corrected chi connectivity index (χ2v) is 8.15. The molecule has 1 aromatic carbocycles. The molecule has 0 atom stereocenters. The van der Waals surface area contributed by atoms with E-state index in [1.807, 2.05) is 18.4 Å². The van der Waals surface area contributed by atoms with E-state index in [0.717, 1.165) is 26.1 Å². The Balaban J connectivity index is 1.71. The summed E-state index contributed by atoms with van der Waals surface area (Å²) in [6.45, 7) is 8.18. The van der Waals surface area contributed by atoms with Gasteiger partial charge in [-0.05, 0) is 31.4 Å². The molecule has 2 amide bonds. The molecule has 0 saturated carbocycles. The van der Waals surface area contributed by atoms with Crippen molar-refractivity contribution in [3.8, 4) is 5.75 Å². The smallest absolute Gasteiger partial charge is 0.295 e. The zero-order valence-electron chi connectivity index (χ0n) is 19.1. The number of nitrogens with zero attached hydrogens (tertiary/aromatic N) is 3. The van der Waals surface area contributed by atoms with Crippen molar-refractivity contribution in [2.75, 3.05) is 25.1 Å². The molecule has 176 valence electrons. The largest absolute Gasteiger partial charge is 0.491 e. The lowest BCUT2D eigenvalue weighted by Crippen LogP contribution is -2.28. The molecule has 1 saturated heterocycles. The van der Waals surface area contributed by atoms with Crippen LogP contribution in [-0.2, 0) is 17.7 Å². The molecule has 10 heteroatoms. The first-order chi connectivity index (χ1) is 15.9. The van der Waals surface area contributed by atoms with Crippen molar-refractivity contribution in [2.45, 2.75) is 46.6 Å². The highest BCUT2D eigenvalue weighted by atomic mass is 16.5. The van der Waals surface area contributed by atoms with E-state index in [-0.39, 0.29) is 5.76 Å². The molecule has 10 nitrogen and oxygen atoms in total. The van der Waals surface area contributed by atoms with E-state index in [9.17, 15) is 9.59 Å². The van der Waals surface area contributed by atoms with Gasteiger partial charge in [0.05, 0.1) is 31.0 Å². The minimum atomic E-state index is -0.575. The van der Waals surface area contributed by atoms with Gasteiger partial charge in [-0.25, -0.2) is 9.97 Å². The normalized spacial score (nSPS) is 13.8. The highest BCUT2D eigenvalue weighted by Gasteiger charge is 2.24. The number of aryl methyl sites for hydroxylation is 3. The summed E-state index contributed by atoms with van der Waals surface area (Å²) < 4.78 is 18.7. The number of hydrogen-bond donors (Lipinski definition) is 2. The summed E-state index contributed by atoms with van der Waals surface area (Å²) in [6, 6.07) is 3.25. The average Bonchev–Trinajstić information content (AvgIpc) is 3.30. The molecule has 2 aromatic heterocycles. The van der Waals surface area contributed by atoms with Gasteiger partial charge in [0.15, 0.2) is 5.89 Å². The fraction of sp³-hybridized carbons (Fsp3) is 0.478. The minimum absolute atomic E-state index is 0.169. The van der Waals surface area contributed by atoms with Gasteiger partial charge in [0, 0.05) is 24.9 Å². The van der Waals surface area contributed by atoms with Gasteiger partial charge < -0.3 is 24.2 Å². The number of ether oxygens (including phenoxy) is 2. The van der Waals surface area contributed by atoms with Crippen molar-refractivity contribution >= 4 is 28.8 Å². The summed E-state index contributed by atoms with van der Waals surface area (Å²) in [5.41, 5.74) is 7.64. The number of carbonyl (C=O) groups excluding carboxylic acids is 2. The van der Waals surface area contributed by atoms with Gasteiger partial charge in [0.25, 0.3) is 5.91 Å². The van der Waals surface area contributed by atoms with Crippen LogP contribution in [-0.4, -0.2) is 46.2 Å². The molecule has 3 heterocycles. The van der Waals surface area contributed by atoms with E-state index >= 15 is 0 Å². The Morgan fingerprint density at radius 3 is 2.70 bits per heavy atom. The molecule has 1 aliphatic heterocycles. The number of aromatic nitrogens is 3. The number of fused-ring (bicyclic) bond motifs is 1. The van der Waals surface area contributed by atoms with Crippen LogP contribution in [0.1, 0.15) is 59.2 Å². The number of amides is 2. The third-order valence-corrected chi connectivity index (χ3v) is 5.60. The predicted octanol–water partition coefficient (Wildman–Crippen LogP) is 3.07. The number of hydrogen-bond acceptors (Lipinski definition) is 7. The molecule has 0 radical (unpaired) electrons. The maximum atomic E-state index is 13.0. The van der Waals surface area contributed by atoms with E-state index < -0.39 is 11.8 Å². The molecule has 0 spiro atoms. The Morgan fingerprint density at radius 2 is 2.06 bits per heavy atom. The van der Waals surface area contributed by atoms with Crippen LogP contribution in [0.2, 0.25) is 0 Å². The van der Waals surface area contributed by atoms with Crippen LogP contribution in [0.4, 0.5) is 5.95 Å². The molecular weight excluding hydrogens is 426 g/mol. The summed E-state index contributed by atoms with van der Waals surface area (Å²) >= 11 is 0. The first-order valence-corrected chi connectivity index (χ1v) is 11.2. The zero-order valence-corrected chi connectivity index (χ0v) is 19.1. The van der Waals surface area contributed by atoms with Gasteiger partial charge in [0.1, 0.15) is 11.3 Å². The lowest BCUT2D eigenvalue weighted by atomic mass is 10.1. The van der Waals surface area contributed by atoms with Crippen LogP contribution in [0, 0.1) is 12.8 Å². The van der Waals surface area contributed by atoms with E-state index in [4.69, 9.17) is 19.6 Å². The zero-order chi connectivity index (χ0) is 23.5. The monoisotopic (exact) mass is 455 g/mol. The number of nitrogens with one attached hydrogen (secondary N) is 1. The lowest BCUT2D eigenvalue weighted by molar-refractivity contribution is -0.0400. The molecule has 33 heavy (non-hydrogen) atoms. The fourth-order valence-electron chi connectivity index (χ4n) is 3.85. The topological polar surface area (TPSA) is 134 Å². The molecule has 0 aliphatic carbocycles. The molecule has 0 bridgehead atoms. The molecule has 1 aliphatic rings. The molecular formula is C23H29N5O5. The van der Waals surface area contributed by atoms with E-state index in [1.54, 1.807) is 19.1 Å². The van der Waals surface area contributed by atoms with Gasteiger partial charge in [0.2, 0.25) is 17.6 Å². The number of oxazole rings is 1. The number of imidazole rings is 1. The van der Waals surface area contributed by atoms with Gasteiger partial charge >= 0.3 is 0 Å². The van der Waals surface area contributed by atoms with Crippen LogP contribution in [0.5, 0.6) is 5.75 Å². The molecule has 3 aromatic rings. The Morgan fingerprint density at radius 1 is 1.27 bits per heavy atom. The van der Waals surface area contributed by atoms with E-state index in [2.05, 4.69) is 15.3 Å². The minimum Gasteiger partial charge on any atom is -0.491 e. The second kappa shape index (κ2) is 9.62. The van der Waals surface area contributed by atoms with Crippen molar-refractivity contribution < 1.29 is 23.5 Å². The summed E-state index contributed by atoms with van der Waals surface area (Å²) in [7, 11) is 0. The maximum absolute atomic E-state index is 13.0. The first-order valence-electron chi connectivity index (χ1n) is 11.2. The lowest BCUT2D eigenvalue weighted by Gasteiger charge is -2.25. The van der Waals surface area contributed by atoms with Crippen molar-refractivity contribution in [3.63, 3.8) is 0 Å². The van der Waals surface area contributed by atoms with Crippen molar-refractivity contribution in [2.24, 2.45) is 11.7 Å². The second-order valence-electron chi connectivity index (χ2n) is 8.15. The summed E-state index contributed by atoms with van der Waals surface area (Å²) in [6.07, 6.45) is 2.21. The Kier molecular flexibility index (Phi) is 6.64. The molecule has 1 fully saturated rings. The predicted molar refractivity (Wildman–Crippen MR) is 122 cm³/mol. The molecule has 3 N–H and O–H groups in total. The van der Waals surface area contributed by atoms with Gasteiger partial charge in [-0.15, -0.1) is 0 Å². The highest BCUT2D eigenvalue weighted by Crippen LogP contribution is 2.32. The third kappa shape index (κ3) is 4.70. The van der Waals surface area contributed by atoms with Gasteiger partial charge in [-0.2, -0.15) is 0 Å². The average molecular weight is 456 g/mol. The maximum Gasteiger partial charge on any atom is 0.295 e. The number of rotatable bonds is 10. The summed E-state index contributed by atoms with van der Waals surface area (Å²) in [5, 5.41) is 2.85. The number of nitrogens with two attached hydrogens (primary N) is 1. The number of primary amides is 1. The fourth-order valence-corrected chi connectivity index (χ4v) is 3.85. The molecule has 0 unspecified atom stereocenters. The Bertz CT molecular complexity index is 1180.